The Hall–Kier alpha value is -1.73. The topological polar surface area (TPSA) is 82.3 Å². The molecule has 1 aromatic heterocycles. The predicted molar refractivity (Wildman–Crippen MR) is 80.9 cm³/mol. The number of sulfone groups is 1. The van der Waals surface area contributed by atoms with E-state index in [1.54, 1.807) is 0 Å². The van der Waals surface area contributed by atoms with Gasteiger partial charge in [0, 0.05) is 12.2 Å². The molecule has 0 spiro atoms. The zero-order valence-electron chi connectivity index (χ0n) is 12.4. The van der Waals surface area contributed by atoms with Crippen LogP contribution < -0.4 is 0 Å². The predicted octanol–water partition coefficient (Wildman–Crippen LogP) is 2.14. The van der Waals surface area contributed by atoms with E-state index in [1.807, 2.05) is 31.2 Å². The monoisotopic (exact) mass is 322 g/mol. The van der Waals surface area contributed by atoms with Gasteiger partial charge < -0.3 is 9.26 Å². The number of hydrogen-bond acceptors (Lipinski definition) is 6. The Balaban J connectivity index is 1.69. The quantitative estimate of drug-likeness (QED) is 0.839. The minimum absolute atomic E-state index is 0.00917. The van der Waals surface area contributed by atoms with Crippen molar-refractivity contribution < 1.29 is 17.7 Å². The summed E-state index contributed by atoms with van der Waals surface area (Å²) >= 11 is 0. The second-order valence-electron chi connectivity index (χ2n) is 5.57. The SMILES string of the molecule is Cc1ccc(-c2noc(CS(=O)(=O)C[C@H]3CCCO3)n2)cc1. The molecule has 2 aromatic rings. The Labute approximate surface area is 129 Å². The van der Waals surface area contributed by atoms with Crippen molar-refractivity contribution in [2.45, 2.75) is 31.6 Å². The first-order valence-corrected chi connectivity index (χ1v) is 9.06. The lowest BCUT2D eigenvalue weighted by atomic mass is 10.1. The van der Waals surface area contributed by atoms with Gasteiger partial charge in [0.05, 0.1) is 11.9 Å². The highest BCUT2D eigenvalue weighted by molar-refractivity contribution is 7.90. The van der Waals surface area contributed by atoms with E-state index in [4.69, 9.17) is 9.26 Å². The number of ether oxygens (including phenoxy) is 1. The molecule has 1 aromatic carbocycles. The number of benzene rings is 1. The van der Waals surface area contributed by atoms with Crippen LogP contribution in [0.3, 0.4) is 0 Å². The Bertz CT molecular complexity index is 731. The molecule has 22 heavy (non-hydrogen) atoms. The summed E-state index contributed by atoms with van der Waals surface area (Å²) in [6.07, 6.45) is 1.50. The van der Waals surface area contributed by atoms with Crippen molar-refractivity contribution in [3.8, 4) is 11.4 Å². The Kier molecular flexibility index (Phi) is 4.26. The zero-order chi connectivity index (χ0) is 15.6. The number of aromatic nitrogens is 2. The second kappa shape index (κ2) is 6.18. The minimum Gasteiger partial charge on any atom is -0.377 e. The van der Waals surface area contributed by atoms with Gasteiger partial charge in [-0.3, -0.25) is 0 Å². The van der Waals surface area contributed by atoms with E-state index in [-0.39, 0.29) is 23.5 Å². The largest absolute Gasteiger partial charge is 0.377 e. The van der Waals surface area contributed by atoms with Gasteiger partial charge in [-0.25, -0.2) is 8.42 Å². The maximum atomic E-state index is 12.1. The van der Waals surface area contributed by atoms with Crippen LogP contribution >= 0.6 is 0 Å². The average Bonchev–Trinajstić information content (AvgIpc) is 3.10. The first-order valence-electron chi connectivity index (χ1n) is 7.23. The van der Waals surface area contributed by atoms with Crippen LogP contribution in [0.2, 0.25) is 0 Å². The summed E-state index contributed by atoms with van der Waals surface area (Å²) in [4.78, 5) is 4.17. The van der Waals surface area contributed by atoms with Crippen molar-refractivity contribution in [1.29, 1.82) is 0 Å². The third-order valence-electron chi connectivity index (χ3n) is 3.59. The number of rotatable bonds is 5. The highest BCUT2D eigenvalue weighted by Crippen LogP contribution is 2.19. The van der Waals surface area contributed by atoms with E-state index in [1.165, 1.54) is 0 Å². The van der Waals surface area contributed by atoms with E-state index < -0.39 is 9.84 Å². The van der Waals surface area contributed by atoms with Gasteiger partial charge in [-0.2, -0.15) is 4.98 Å². The van der Waals surface area contributed by atoms with Gasteiger partial charge in [0.1, 0.15) is 5.75 Å². The molecule has 1 fully saturated rings. The third-order valence-corrected chi connectivity index (χ3v) is 5.15. The molecular weight excluding hydrogens is 304 g/mol. The van der Waals surface area contributed by atoms with Crippen LogP contribution in [-0.4, -0.2) is 37.0 Å². The van der Waals surface area contributed by atoms with Crippen LogP contribution in [0.5, 0.6) is 0 Å². The normalized spacial score (nSPS) is 18.7. The first-order chi connectivity index (χ1) is 10.5. The molecule has 0 amide bonds. The van der Waals surface area contributed by atoms with Gasteiger partial charge in [0.15, 0.2) is 9.84 Å². The average molecular weight is 322 g/mol. The lowest BCUT2D eigenvalue weighted by Gasteiger charge is -2.08. The molecule has 1 aliphatic heterocycles. The minimum atomic E-state index is -3.31. The number of hydrogen-bond donors (Lipinski definition) is 0. The fraction of sp³-hybridized carbons (Fsp3) is 0.467. The molecule has 6 nitrogen and oxygen atoms in total. The van der Waals surface area contributed by atoms with Crippen LogP contribution in [0.15, 0.2) is 28.8 Å². The van der Waals surface area contributed by atoms with E-state index in [2.05, 4.69) is 10.1 Å². The van der Waals surface area contributed by atoms with Gasteiger partial charge in [-0.1, -0.05) is 35.0 Å². The number of nitrogens with zero attached hydrogens (tertiary/aromatic N) is 2. The summed E-state index contributed by atoms with van der Waals surface area (Å²) in [5, 5.41) is 3.85. The lowest BCUT2D eigenvalue weighted by molar-refractivity contribution is 0.127. The van der Waals surface area contributed by atoms with E-state index in [0.29, 0.717) is 12.4 Å². The van der Waals surface area contributed by atoms with Crippen molar-refractivity contribution in [1.82, 2.24) is 10.1 Å². The summed E-state index contributed by atoms with van der Waals surface area (Å²) in [6, 6.07) is 7.65. The van der Waals surface area contributed by atoms with Crippen molar-refractivity contribution in [3.05, 3.63) is 35.7 Å². The van der Waals surface area contributed by atoms with Crippen molar-refractivity contribution >= 4 is 9.84 Å². The van der Waals surface area contributed by atoms with Crippen LogP contribution in [0.1, 0.15) is 24.3 Å². The molecule has 1 aliphatic rings. The van der Waals surface area contributed by atoms with E-state index in [0.717, 1.165) is 24.0 Å². The van der Waals surface area contributed by atoms with Crippen molar-refractivity contribution in [2.24, 2.45) is 0 Å². The van der Waals surface area contributed by atoms with Crippen molar-refractivity contribution in [2.75, 3.05) is 12.4 Å². The standard InChI is InChI=1S/C15H18N2O4S/c1-11-4-6-12(7-5-11)15-16-14(21-17-15)10-22(18,19)9-13-3-2-8-20-13/h4-7,13H,2-3,8-10H2,1H3/t13-/m1/s1. The second-order valence-corrected chi connectivity index (χ2v) is 7.68. The molecule has 1 saturated heterocycles. The molecule has 0 radical (unpaired) electrons. The summed E-state index contributed by atoms with van der Waals surface area (Å²) in [5.74, 6) is 0.289. The molecule has 3 rings (SSSR count). The fourth-order valence-electron chi connectivity index (χ4n) is 2.44. The first kappa shape index (κ1) is 15.2. The molecule has 118 valence electrons. The maximum Gasteiger partial charge on any atom is 0.242 e. The number of aryl methyl sites for hydroxylation is 1. The molecule has 0 bridgehead atoms. The molecule has 0 N–H and O–H groups in total. The molecule has 2 heterocycles. The van der Waals surface area contributed by atoms with Crippen LogP contribution in [0.25, 0.3) is 11.4 Å². The smallest absolute Gasteiger partial charge is 0.242 e. The molecule has 7 heteroatoms. The van der Waals surface area contributed by atoms with Crippen LogP contribution in [0, 0.1) is 6.92 Å². The van der Waals surface area contributed by atoms with Crippen LogP contribution in [0.4, 0.5) is 0 Å². The highest BCUT2D eigenvalue weighted by Gasteiger charge is 2.25. The molecular formula is C15H18N2O4S. The zero-order valence-corrected chi connectivity index (χ0v) is 13.2. The van der Waals surface area contributed by atoms with Gasteiger partial charge >= 0.3 is 0 Å². The highest BCUT2D eigenvalue weighted by atomic mass is 32.2. The summed E-state index contributed by atoms with van der Waals surface area (Å²) < 4.78 is 34.7. The lowest BCUT2D eigenvalue weighted by Crippen LogP contribution is -2.21. The van der Waals surface area contributed by atoms with Gasteiger partial charge in [-0.15, -0.1) is 0 Å². The van der Waals surface area contributed by atoms with Gasteiger partial charge in [0.25, 0.3) is 0 Å². The molecule has 0 aliphatic carbocycles. The summed E-state index contributed by atoms with van der Waals surface area (Å²) in [7, 11) is -3.31. The van der Waals surface area contributed by atoms with Gasteiger partial charge in [0.2, 0.25) is 11.7 Å². The van der Waals surface area contributed by atoms with Crippen LogP contribution in [-0.2, 0) is 20.3 Å². The Morgan fingerprint density at radius 1 is 1.27 bits per heavy atom. The van der Waals surface area contributed by atoms with E-state index >= 15 is 0 Å². The summed E-state index contributed by atoms with van der Waals surface area (Å²) in [5.41, 5.74) is 1.93. The Morgan fingerprint density at radius 2 is 2.05 bits per heavy atom. The maximum absolute atomic E-state index is 12.1. The van der Waals surface area contributed by atoms with E-state index in [9.17, 15) is 8.42 Å². The molecule has 1 atom stereocenters. The molecule has 0 saturated carbocycles. The molecule has 0 unspecified atom stereocenters. The van der Waals surface area contributed by atoms with Crippen molar-refractivity contribution in [3.63, 3.8) is 0 Å². The van der Waals surface area contributed by atoms with Gasteiger partial charge in [-0.05, 0) is 19.8 Å². The fourth-order valence-corrected chi connectivity index (χ4v) is 3.88. The Morgan fingerprint density at radius 3 is 2.73 bits per heavy atom. The third kappa shape index (κ3) is 3.72. The summed E-state index contributed by atoms with van der Waals surface area (Å²) in [6.45, 7) is 2.63.